The average molecular weight is 529 g/mol. The van der Waals surface area contributed by atoms with Gasteiger partial charge >= 0.3 is 45.9 Å². The summed E-state index contributed by atoms with van der Waals surface area (Å²) < 4.78 is 32.9. The smallest absolute Gasteiger partial charge is 1.00 e. The molecule has 206 valence electrons. The Morgan fingerprint density at radius 2 is 0.857 bits per heavy atom. The maximum absolute atomic E-state index is 11.8. The SMILES string of the molecule is CCCCCCCCCCCCCCOS(=O)(=O)OC(=O)CCCCCCCCCCCCC.[H-].[Na+]. The van der Waals surface area contributed by atoms with Gasteiger partial charge in [-0.05, 0) is 12.8 Å². The van der Waals surface area contributed by atoms with Crippen LogP contribution >= 0.6 is 0 Å². The van der Waals surface area contributed by atoms with Gasteiger partial charge in [0.15, 0.2) is 0 Å². The van der Waals surface area contributed by atoms with E-state index in [-0.39, 0.29) is 44.0 Å². The van der Waals surface area contributed by atoms with Gasteiger partial charge in [0.1, 0.15) is 0 Å². The fourth-order valence-electron chi connectivity index (χ4n) is 4.22. The molecular weight excluding hydrogens is 471 g/mol. The van der Waals surface area contributed by atoms with Crippen molar-refractivity contribution in [3.05, 3.63) is 0 Å². The molecule has 5 nitrogen and oxygen atoms in total. The molecule has 0 fully saturated rings. The average Bonchev–Trinajstić information content (AvgIpc) is 2.80. The van der Waals surface area contributed by atoms with E-state index in [0.29, 0.717) is 12.8 Å². The van der Waals surface area contributed by atoms with Crippen molar-refractivity contribution < 1.29 is 52.6 Å². The number of hydrogen-bond acceptors (Lipinski definition) is 5. The third kappa shape index (κ3) is 30.5. The fraction of sp³-hybridized carbons (Fsp3) is 0.964. The Morgan fingerprint density at radius 3 is 1.23 bits per heavy atom. The molecule has 7 heteroatoms. The molecule has 0 amide bonds. The molecule has 0 unspecified atom stereocenters. The third-order valence-corrected chi connectivity index (χ3v) is 7.25. The first-order valence-corrected chi connectivity index (χ1v) is 16.0. The van der Waals surface area contributed by atoms with Crippen LogP contribution in [0.25, 0.3) is 0 Å². The zero-order valence-electron chi connectivity index (χ0n) is 24.6. The molecule has 0 spiro atoms. The van der Waals surface area contributed by atoms with Crippen LogP contribution in [0.4, 0.5) is 0 Å². The Labute approximate surface area is 242 Å². The standard InChI is InChI=1S/C28H56O5S.Na.H/c1-3-5-7-9-11-13-15-17-19-21-23-25-27-32-34(30,31)33-28(29)26-24-22-20-18-16-14-12-10-8-6-4-2;;/h3-27H2,1-2H3;;/q;+1;-1. The Morgan fingerprint density at radius 1 is 0.543 bits per heavy atom. The minimum Gasteiger partial charge on any atom is -1.00 e. The summed E-state index contributed by atoms with van der Waals surface area (Å²) in [6.07, 6.45) is 27.7. The minimum absolute atomic E-state index is 0. The minimum atomic E-state index is -4.21. The molecule has 0 saturated carbocycles. The Kier molecular flexibility index (Phi) is 31.0. The molecule has 0 aromatic heterocycles. The van der Waals surface area contributed by atoms with E-state index in [4.69, 9.17) is 4.18 Å². The van der Waals surface area contributed by atoms with Gasteiger partial charge in [0, 0.05) is 6.42 Å². The normalized spacial score (nSPS) is 11.4. The van der Waals surface area contributed by atoms with Crippen molar-refractivity contribution in [2.45, 2.75) is 168 Å². The molecule has 0 N–H and O–H groups in total. The zero-order valence-corrected chi connectivity index (χ0v) is 26.4. The first-order chi connectivity index (χ1) is 16.5. The van der Waals surface area contributed by atoms with Crippen molar-refractivity contribution in [2.75, 3.05) is 6.61 Å². The molecule has 0 atom stereocenters. The molecule has 0 aliphatic carbocycles. The molecule has 0 aromatic carbocycles. The van der Waals surface area contributed by atoms with Crippen molar-refractivity contribution >= 4 is 16.4 Å². The van der Waals surface area contributed by atoms with Gasteiger partial charge in [-0.2, -0.15) is 8.42 Å². The van der Waals surface area contributed by atoms with Crippen LogP contribution < -0.4 is 29.6 Å². The number of hydrogen-bond donors (Lipinski definition) is 0. The maximum Gasteiger partial charge on any atom is 1.00 e. The van der Waals surface area contributed by atoms with E-state index in [1.165, 1.54) is 109 Å². The summed E-state index contributed by atoms with van der Waals surface area (Å²) in [5.41, 5.74) is 0. The summed E-state index contributed by atoms with van der Waals surface area (Å²) in [4.78, 5) is 11.8. The quantitative estimate of drug-likeness (QED) is 0.0923. The van der Waals surface area contributed by atoms with E-state index >= 15 is 0 Å². The number of carbonyl (C=O) groups is 1. The van der Waals surface area contributed by atoms with Crippen molar-refractivity contribution in [3.8, 4) is 0 Å². The van der Waals surface area contributed by atoms with Gasteiger partial charge in [-0.1, -0.05) is 149 Å². The second-order valence-electron chi connectivity index (χ2n) is 9.86. The van der Waals surface area contributed by atoms with Crippen LogP contribution in [0, 0.1) is 0 Å². The van der Waals surface area contributed by atoms with E-state index in [2.05, 4.69) is 18.0 Å². The van der Waals surface area contributed by atoms with Crippen LogP contribution in [0.15, 0.2) is 0 Å². The number of rotatable bonds is 27. The number of carbonyl (C=O) groups excluding carboxylic acids is 1. The first-order valence-electron chi connectivity index (χ1n) is 14.6. The molecule has 0 aliphatic rings. The molecule has 35 heavy (non-hydrogen) atoms. The molecule has 0 aromatic rings. The van der Waals surface area contributed by atoms with Crippen molar-refractivity contribution in [1.82, 2.24) is 0 Å². The van der Waals surface area contributed by atoms with E-state index in [0.717, 1.165) is 25.7 Å². The Hall–Kier alpha value is 0.380. The van der Waals surface area contributed by atoms with E-state index < -0.39 is 16.4 Å². The van der Waals surface area contributed by atoms with Gasteiger partial charge in [-0.3, -0.25) is 4.79 Å². The van der Waals surface area contributed by atoms with Crippen LogP contribution in [0.5, 0.6) is 0 Å². The Balaban J connectivity index is -0.00000544. The molecule has 0 aliphatic heterocycles. The van der Waals surface area contributed by atoms with Crippen LogP contribution in [0.2, 0.25) is 0 Å². The Bertz CT molecular complexity index is 546. The van der Waals surface area contributed by atoms with Gasteiger partial charge in [0.05, 0.1) is 6.61 Å². The molecular formula is C28H57NaO5S. The molecule has 0 radical (unpaired) electrons. The van der Waals surface area contributed by atoms with Gasteiger partial charge in [0.2, 0.25) is 0 Å². The molecule has 0 saturated heterocycles. The summed E-state index contributed by atoms with van der Waals surface area (Å²) in [6.45, 7) is 4.57. The van der Waals surface area contributed by atoms with E-state index in [1.807, 2.05) is 0 Å². The van der Waals surface area contributed by atoms with Crippen molar-refractivity contribution in [3.63, 3.8) is 0 Å². The fourth-order valence-corrected chi connectivity index (χ4v) is 4.90. The summed E-state index contributed by atoms with van der Waals surface area (Å²) in [5, 5.41) is 0. The van der Waals surface area contributed by atoms with Crippen LogP contribution in [-0.2, 0) is 23.6 Å². The molecule has 0 heterocycles. The predicted octanol–water partition coefficient (Wildman–Crippen LogP) is 6.31. The third-order valence-electron chi connectivity index (χ3n) is 6.41. The number of unbranched alkanes of at least 4 members (excludes halogenated alkanes) is 21. The summed E-state index contributed by atoms with van der Waals surface area (Å²) >= 11 is 0. The summed E-state index contributed by atoms with van der Waals surface area (Å²) in [7, 11) is -4.21. The largest absolute Gasteiger partial charge is 1.00 e. The monoisotopic (exact) mass is 528 g/mol. The van der Waals surface area contributed by atoms with Crippen LogP contribution in [-0.4, -0.2) is 21.0 Å². The van der Waals surface area contributed by atoms with Crippen molar-refractivity contribution in [2.24, 2.45) is 0 Å². The van der Waals surface area contributed by atoms with Gasteiger partial charge in [0.25, 0.3) is 0 Å². The second-order valence-corrected chi connectivity index (χ2v) is 11.1. The zero-order chi connectivity index (χ0) is 25.2. The van der Waals surface area contributed by atoms with Gasteiger partial charge in [-0.15, -0.1) is 0 Å². The first kappa shape index (κ1) is 37.5. The topological polar surface area (TPSA) is 69.7 Å². The maximum atomic E-state index is 11.8. The van der Waals surface area contributed by atoms with Crippen LogP contribution in [0.1, 0.15) is 169 Å². The molecule has 0 bridgehead atoms. The van der Waals surface area contributed by atoms with Crippen LogP contribution in [0.3, 0.4) is 0 Å². The second kappa shape index (κ2) is 28.9. The predicted molar refractivity (Wildman–Crippen MR) is 144 cm³/mol. The summed E-state index contributed by atoms with van der Waals surface area (Å²) in [5.74, 6) is -0.703. The van der Waals surface area contributed by atoms with E-state index in [9.17, 15) is 13.2 Å². The molecule has 0 rings (SSSR count). The van der Waals surface area contributed by atoms with E-state index in [1.54, 1.807) is 0 Å². The van der Waals surface area contributed by atoms with Crippen molar-refractivity contribution in [1.29, 1.82) is 0 Å². The van der Waals surface area contributed by atoms with Gasteiger partial charge < -0.3 is 5.61 Å². The summed E-state index contributed by atoms with van der Waals surface area (Å²) in [6, 6.07) is 0. The van der Waals surface area contributed by atoms with Gasteiger partial charge in [-0.25, -0.2) is 4.18 Å².